The van der Waals surface area contributed by atoms with Gasteiger partial charge in [-0.25, -0.2) is 9.97 Å². The van der Waals surface area contributed by atoms with Gasteiger partial charge >= 0.3 is 0 Å². The normalized spacial score (nSPS) is 11.8. The number of para-hydroxylation sites is 4. The first-order valence-electron chi connectivity index (χ1n) is 23.4. The van der Waals surface area contributed by atoms with Gasteiger partial charge < -0.3 is 13.6 Å². The lowest BCUT2D eigenvalue weighted by atomic mass is 9.95. The molecule has 0 radical (unpaired) electrons. The van der Waals surface area contributed by atoms with E-state index in [1.807, 2.05) is 18.2 Å². The molecule has 10 aromatic carbocycles. The molecule has 0 atom stereocenters. The molecule has 0 saturated carbocycles. The van der Waals surface area contributed by atoms with Gasteiger partial charge in [0.25, 0.3) is 0 Å². The number of rotatable bonds is 7. The average molecular weight is 881 g/mol. The number of benzene rings is 10. The number of nitrogens with zero attached hydrogens (tertiary/aromatic N) is 4. The smallest absolute Gasteiger partial charge is 0.160 e. The first-order valence-corrected chi connectivity index (χ1v) is 23.4. The Kier molecular flexibility index (Phi) is 8.83. The van der Waals surface area contributed by atoms with E-state index in [-0.39, 0.29) is 0 Å². The van der Waals surface area contributed by atoms with Gasteiger partial charge in [-0.1, -0.05) is 176 Å². The fourth-order valence-electron chi connectivity index (χ4n) is 10.5. The fourth-order valence-corrected chi connectivity index (χ4v) is 10.5. The highest BCUT2D eigenvalue weighted by Gasteiger charge is 2.24. The van der Waals surface area contributed by atoms with Crippen molar-refractivity contribution in [2.75, 3.05) is 0 Å². The highest BCUT2D eigenvalue weighted by atomic mass is 16.3. The lowest BCUT2D eigenvalue weighted by Crippen LogP contribution is -1.98. The summed E-state index contributed by atoms with van der Waals surface area (Å²) in [5.74, 6) is 0.652. The lowest BCUT2D eigenvalue weighted by Gasteiger charge is -2.13. The molecule has 0 saturated heterocycles. The predicted octanol–water partition coefficient (Wildman–Crippen LogP) is 16.9. The molecule has 0 aliphatic rings. The number of hydrogen-bond donors (Lipinski definition) is 0. The van der Waals surface area contributed by atoms with E-state index in [9.17, 15) is 0 Å². The number of fused-ring (bicyclic) bond motifs is 10. The highest BCUT2D eigenvalue weighted by Crippen LogP contribution is 2.47. The summed E-state index contributed by atoms with van der Waals surface area (Å²) in [7, 11) is 0. The van der Waals surface area contributed by atoms with Gasteiger partial charge in [0, 0.05) is 60.4 Å². The molecular weight excluding hydrogens is 841 g/mol. The summed E-state index contributed by atoms with van der Waals surface area (Å²) in [6.45, 7) is 0. The van der Waals surface area contributed by atoms with E-state index in [0.717, 1.165) is 99.9 Å². The molecule has 0 spiro atoms. The zero-order valence-corrected chi connectivity index (χ0v) is 37.3. The summed E-state index contributed by atoms with van der Waals surface area (Å²) in [6, 6.07) is 86.1. The van der Waals surface area contributed by atoms with E-state index >= 15 is 0 Å². The maximum absolute atomic E-state index is 6.96. The Morgan fingerprint density at radius 2 is 0.855 bits per heavy atom. The summed E-state index contributed by atoms with van der Waals surface area (Å²) in [5, 5.41) is 6.86. The summed E-state index contributed by atoms with van der Waals surface area (Å²) in [5.41, 5.74) is 17.6. The van der Waals surface area contributed by atoms with Crippen LogP contribution in [0.3, 0.4) is 0 Å². The predicted molar refractivity (Wildman–Crippen MR) is 285 cm³/mol. The molecular formula is C64H40N4O. The van der Waals surface area contributed by atoms with Gasteiger partial charge in [-0.2, -0.15) is 0 Å². The second-order valence-corrected chi connectivity index (χ2v) is 17.7. The topological polar surface area (TPSA) is 48.8 Å². The minimum Gasteiger partial charge on any atom is -0.454 e. The van der Waals surface area contributed by atoms with Crippen LogP contribution in [0.15, 0.2) is 247 Å². The largest absolute Gasteiger partial charge is 0.454 e. The van der Waals surface area contributed by atoms with Crippen molar-refractivity contribution in [3.8, 4) is 67.5 Å². The molecule has 4 aromatic heterocycles. The molecule has 5 heteroatoms. The molecule has 4 heterocycles. The minimum absolute atomic E-state index is 0.652. The zero-order valence-electron chi connectivity index (χ0n) is 37.3. The third-order valence-electron chi connectivity index (χ3n) is 13.7. The lowest BCUT2D eigenvalue weighted by molar-refractivity contribution is 0.671. The van der Waals surface area contributed by atoms with E-state index in [0.29, 0.717) is 5.82 Å². The second kappa shape index (κ2) is 15.7. The zero-order chi connectivity index (χ0) is 45.4. The molecule has 322 valence electrons. The molecule has 0 unspecified atom stereocenters. The van der Waals surface area contributed by atoms with E-state index in [1.165, 1.54) is 27.4 Å². The van der Waals surface area contributed by atoms with Crippen LogP contribution >= 0.6 is 0 Å². The van der Waals surface area contributed by atoms with Crippen molar-refractivity contribution in [3.05, 3.63) is 243 Å². The standard InChI is InChI=1S/C64H40N4O/c1-4-17-41(18-5-1)42-31-33-44(34-32-42)56-40-55(43-19-6-2-7-20-43)65-64(66-56)46-21-16-24-48(37-46)68-58-29-14-11-27-51(58)61-52(39-54-50-26-12-15-30-60(50)69-63(54)62(61)68)45-35-36-59-53(38-45)49-25-10-13-28-57(49)67(59)47-22-8-3-9-23-47/h1-40H. The van der Waals surface area contributed by atoms with Gasteiger partial charge in [-0.15, -0.1) is 0 Å². The number of hydrogen-bond acceptors (Lipinski definition) is 3. The molecule has 14 rings (SSSR count). The van der Waals surface area contributed by atoms with Crippen molar-refractivity contribution < 1.29 is 4.42 Å². The van der Waals surface area contributed by atoms with Crippen molar-refractivity contribution in [2.24, 2.45) is 0 Å². The maximum Gasteiger partial charge on any atom is 0.160 e. The van der Waals surface area contributed by atoms with E-state index in [2.05, 4.69) is 234 Å². The van der Waals surface area contributed by atoms with Crippen molar-refractivity contribution in [2.45, 2.75) is 0 Å². The van der Waals surface area contributed by atoms with Gasteiger partial charge in [0.15, 0.2) is 11.4 Å². The molecule has 0 amide bonds. The summed E-state index contributed by atoms with van der Waals surface area (Å²) in [6.07, 6.45) is 0. The second-order valence-electron chi connectivity index (χ2n) is 17.7. The first-order chi connectivity index (χ1) is 34.2. The Morgan fingerprint density at radius 1 is 0.319 bits per heavy atom. The molecule has 0 bridgehead atoms. The highest BCUT2D eigenvalue weighted by molar-refractivity contribution is 6.27. The van der Waals surface area contributed by atoms with Crippen LogP contribution in [0.1, 0.15) is 0 Å². The van der Waals surface area contributed by atoms with Crippen molar-refractivity contribution in [3.63, 3.8) is 0 Å². The molecule has 14 aromatic rings. The van der Waals surface area contributed by atoms with Crippen molar-refractivity contribution in [1.82, 2.24) is 19.1 Å². The minimum atomic E-state index is 0.652. The van der Waals surface area contributed by atoms with Crippen LogP contribution in [0.4, 0.5) is 0 Å². The number of furan rings is 1. The number of aromatic nitrogens is 4. The average Bonchev–Trinajstić information content (AvgIpc) is 4.09. The Bertz CT molecular complexity index is 4280. The van der Waals surface area contributed by atoms with Crippen molar-refractivity contribution >= 4 is 65.6 Å². The Labute approximate surface area is 397 Å². The van der Waals surface area contributed by atoms with E-state index < -0.39 is 0 Å². The molecule has 0 N–H and O–H groups in total. The Balaban J connectivity index is 0.993. The van der Waals surface area contributed by atoms with Crippen LogP contribution in [-0.4, -0.2) is 19.1 Å². The van der Waals surface area contributed by atoms with Gasteiger partial charge in [-0.3, -0.25) is 0 Å². The first kappa shape index (κ1) is 38.9. The summed E-state index contributed by atoms with van der Waals surface area (Å²) < 4.78 is 11.7. The third kappa shape index (κ3) is 6.32. The van der Waals surface area contributed by atoms with E-state index in [1.54, 1.807) is 0 Å². The molecule has 5 nitrogen and oxygen atoms in total. The summed E-state index contributed by atoms with van der Waals surface area (Å²) in [4.78, 5) is 10.6. The Hall–Kier alpha value is -9.32. The van der Waals surface area contributed by atoms with Crippen LogP contribution < -0.4 is 0 Å². The monoisotopic (exact) mass is 880 g/mol. The molecule has 0 aliphatic heterocycles. The van der Waals surface area contributed by atoms with Gasteiger partial charge in [0.05, 0.1) is 33.5 Å². The Morgan fingerprint density at radius 3 is 1.61 bits per heavy atom. The summed E-state index contributed by atoms with van der Waals surface area (Å²) >= 11 is 0. The van der Waals surface area contributed by atoms with E-state index in [4.69, 9.17) is 14.4 Å². The van der Waals surface area contributed by atoms with Crippen LogP contribution in [0, 0.1) is 0 Å². The molecule has 0 aliphatic carbocycles. The fraction of sp³-hybridized carbons (Fsp3) is 0. The van der Waals surface area contributed by atoms with Crippen molar-refractivity contribution in [1.29, 1.82) is 0 Å². The van der Waals surface area contributed by atoms with Gasteiger partial charge in [0.1, 0.15) is 5.58 Å². The van der Waals surface area contributed by atoms with Gasteiger partial charge in [-0.05, 0) is 89.0 Å². The quantitative estimate of drug-likeness (QED) is 0.160. The molecule has 0 fully saturated rings. The molecule has 69 heavy (non-hydrogen) atoms. The third-order valence-corrected chi connectivity index (χ3v) is 13.7. The maximum atomic E-state index is 6.96. The van der Waals surface area contributed by atoms with Crippen LogP contribution in [0.25, 0.3) is 133 Å². The SMILES string of the molecule is c1ccc(-c2ccc(-c3cc(-c4ccccc4)nc(-c4cccc(-n5c6ccccc6c6c(-c7ccc8c(c7)c7ccccc7n8-c7ccccc7)cc7c8ccccc8oc7c65)c4)n3)cc2)cc1. The van der Waals surface area contributed by atoms with Gasteiger partial charge in [0.2, 0.25) is 0 Å². The van der Waals surface area contributed by atoms with Crippen LogP contribution in [-0.2, 0) is 0 Å². The van der Waals surface area contributed by atoms with Crippen LogP contribution in [0.2, 0.25) is 0 Å². The van der Waals surface area contributed by atoms with Crippen LogP contribution in [0.5, 0.6) is 0 Å².